The third-order valence-corrected chi connectivity index (χ3v) is 4.43. The molecule has 1 aromatic heterocycles. The second kappa shape index (κ2) is 7.41. The fraction of sp³-hybridized carbons (Fsp3) is 0.375. The van der Waals surface area contributed by atoms with Crippen LogP contribution in [0, 0.1) is 0 Å². The maximum atomic E-state index is 4.28. The number of rotatable bonds is 6. The fourth-order valence-electron chi connectivity index (χ4n) is 2.21. The predicted molar refractivity (Wildman–Crippen MR) is 85.0 cm³/mol. The van der Waals surface area contributed by atoms with Crippen LogP contribution in [0.3, 0.4) is 0 Å². The predicted octanol–water partition coefficient (Wildman–Crippen LogP) is 3.48. The van der Waals surface area contributed by atoms with E-state index in [0.29, 0.717) is 5.25 Å². The summed E-state index contributed by atoms with van der Waals surface area (Å²) >= 11 is 1.70. The molecule has 2 unspecified atom stereocenters. The van der Waals surface area contributed by atoms with Crippen LogP contribution in [0.2, 0.25) is 0 Å². The minimum Gasteiger partial charge on any atom is -0.312 e. The van der Waals surface area contributed by atoms with Gasteiger partial charge in [0.15, 0.2) is 5.16 Å². The van der Waals surface area contributed by atoms with Crippen LogP contribution in [0.1, 0.15) is 31.0 Å². The van der Waals surface area contributed by atoms with Gasteiger partial charge >= 0.3 is 0 Å². The summed E-state index contributed by atoms with van der Waals surface area (Å²) in [4.78, 5) is 8.56. The van der Waals surface area contributed by atoms with Crippen LogP contribution >= 0.6 is 11.8 Å². The molecule has 0 amide bonds. The van der Waals surface area contributed by atoms with Gasteiger partial charge in [-0.3, -0.25) is 0 Å². The molecule has 3 nitrogen and oxygen atoms in total. The molecule has 2 atom stereocenters. The van der Waals surface area contributed by atoms with Crippen molar-refractivity contribution in [3.05, 3.63) is 53.9 Å². The molecule has 0 saturated heterocycles. The molecule has 106 valence electrons. The fourth-order valence-corrected chi connectivity index (χ4v) is 3.22. The van der Waals surface area contributed by atoms with Gasteiger partial charge < -0.3 is 5.32 Å². The molecule has 0 fully saturated rings. The first-order valence-corrected chi connectivity index (χ1v) is 7.82. The van der Waals surface area contributed by atoms with Crippen molar-refractivity contribution in [2.75, 3.05) is 7.05 Å². The quantitative estimate of drug-likeness (QED) is 0.652. The molecule has 4 heteroatoms. The van der Waals surface area contributed by atoms with Crippen molar-refractivity contribution in [2.24, 2.45) is 0 Å². The normalized spacial score (nSPS) is 13.9. The molecule has 1 N–H and O–H groups in total. The van der Waals surface area contributed by atoms with Crippen LogP contribution in [0.25, 0.3) is 0 Å². The number of hydrogen-bond donors (Lipinski definition) is 1. The molecule has 0 aliphatic carbocycles. The zero-order chi connectivity index (χ0) is 14.4. The van der Waals surface area contributed by atoms with E-state index in [1.54, 1.807) is 24.2 Å². The van der Waals surface area contributed by atoms with Crippen molar-refractivity contribution >= 4 is 11.8 Å². The first-order valence-electron chi connectivity index (χ1n) is 6.94. The Morgan fingerprint density at radius 2 is 1.80 bits per heavy atom. The SMILES string of the molecule is CCc1ccc(C(NC)C(C)Sc2ncccn2)cc1. The van der Waals surface area contributed by atoms with Gasteiger partial charge in [-0.15, -0.1) is 0 Å². The number of hydrogen-bond acceptors (Lipinski definition) is 4. The first-order chi connectivity index (χ1) is 9.74. The summed E-state index contributed by atoms with van der Waals surface area (Å²) in [5.41, 5.74) is 2.68. The van der Waals surface area contributed by atoms with Crippen LogP contribution in [0.5, 0.6) is 0 Å². The lowest BCUT2D eigenvalue weighted by molar-refractivity contribution is 0.588. The Morgan fingerprint density at radius 1 is 1.15 bits per heavy atom. The third-order valence-electron chi connectivity index (χ3n) is 3.36. The highest BCUT2D eigenvalue weighted by Crippen LogP contribution is 2.29. The van der Waals surface area contributed by atoms with Crippen LogP contribution in [0.15, 0.2) is 47.9 Å². The Balaban J connectivity index is 2.10. The highest BCUT2D eigenvalue weighted by Gasteiger charge is 2.19. The van der Waals surface area contributed by atoms with Gasteiger partial charge in [-0.05, 0) is 30.7 Å². The van der Waals surface area contributed by atoms with Crippen molar-refractivity contribution in [1.29, 1.82) is 0 Å². The van der Waals surface area contributed by atoms with E-state index < -0.39 is 0 Å². The molecule has 0 aliphatic heterocycles. The average molecular weight is 287 g/mol. The number of benzene rings is 1. The van der Waals surface area contributed by atoms with E-state index in [1.165, 1.54) is 11.1 Å². The van der Waals surface area contributed by atoms with E-state index >= 15 is 0 Å². The molecule has 0 radical (unpaired) electrons. The lowest BCUT2D eigenvalue weighted by Gasteiger charge is -2.23. The molecule has 1 aromatic carbocycles. The van der Waals surface area contributed by atoms with Gasteiger partial charge in [-0.25, -0.2) is 9.97 Å². The van der Waals surface area contributed by atoms with Gasteiger partial charge in [0.25, 0.3) is 0 Å². The van der Waals surface area contributed by atoms with E-state index in [0.717, 1.165) is 11.6 Å². The van der Waals surface area contributed by atoms with Crippen LogP contribution in [0.4, 0.5) is 0 Å². The number of aryl methyl sites for hydroxylation is 1. The highest BCUT2D eigenvalue weighted by atomic mass is 32.2. The molecule has 0 bridgehead atoms. The molecule has 1 heterocycles. The van der Waals surface area contributed by atoms with E-state index in [2.05, 4.69) is 53.4 Å². The maximum Gasteiger partial charge on any atom is 0.187 e. The third kappa shape index (κ3) is 3.81. The second-order valence-electron chi connectivity index (χ2n) is 4.72. The van der Waals surface area contributed by atoms with Crippen molar-refractivity contribution < 1.29 is 0 Å². The molecule has 2 rings (SSSR count). The summed E-state index contributed by atoms with van der Waals surface area (Å²) in [6.45, 7) is 4.38. The van der Waals surface area contributed by atoms with Crippen molar-refractivity contribution in [3.8, 4) is 0 Å². The van der Waals surface area contributed by atoms with Gasteiger partial charge in [-0.1, -0.05) is 49.9 Å². The summed E-state index contributed by atoms with van der Waals surface area (Å²) in [6, 6.07) is 11.0. The van der Waals surface area contributed by atoms with Crippen molar-refractivity contribution in [2.45, 2.75) is 36.7 Å². The maximum absolute atomic E-state index is 4.28. The van der Waals surface area contributed by atoms with Gasteiger partial charge in [0.05, 0.1) is 0 Å². The first kappa shape index (κ1) is 15.0. The molecule has 20 heavy (non-hydrogen) atoms. The zero-order valence-corrected chi connectivity index (χ0v) is 13.0. The average Bonchev–Trinajstić information content (AvgIpc) is 2.49. The molecule has 2 aromatic rings. The van der Waals surface area contributed by atoms with E-state index in [1.807, 2.05) is 13.1 Å². The Morgan fingerprint density at radius 3 is 2.35 bits per heavy atom. The summed E-state index contributed by atoms with van der Waals surface area (Å²) in [6.07, 6.45) is 4.64. The van der Waals surface area contributed by atoms with E-state index in [-0.39, 0.29) is 6.04 Å². The monoisotopic (exact) mass is 287 g/mol. The molecule has 0 aliphatic rings. The molecular formula is C16H21N3S. The minimum absolute atomic E-state index is 0.287. The Bertz CT molecular complexity index is 513. The van der Waals surface area contributed by atoms with E-state index in [4.69, 9.17) is 0 Å². The van der Waals surface area contributed by atoms with Crippen LogP contribution in [-0.4, -0.2) is 22.3 Å². The zero-order valence-electron chi connectivity index (χ0n) is 12.2. The molecule has 0 saturated carbocycles. The van der Waals surface area contributed by atoms with Crippen molar-refractivity contribution in [1.82, 2.24) is 15.3 Å². The smallest absolute Gasteiger partial charge is 0.187 e. The summed E-state index contributed by atoms with van der Waals surface area (Å²) < 4.78 is 0. The molecule has 0 spiro atoms. The number of nitrogens with zero attached hydrogens (tertiary/aromatic N) is 2. The largest absolute Gasteiger partial charge is 0.312 e. The number of aromatic nitrogens is 2. The molecular weight excluding hydrogens is 266 g/mol. The Labute approximate surface area is 125 Å². The summed E-state index contributed by atoms with van der Waals surface area (Å²) in [7, 11) is 2.00. The number of thioether (sulfide) groups is 1. The van der Waals surface area contributed by atoms with Crippen LogP contribution in [-0.2, 0) is 6.42 Å². The van der Waals surface area contributed by atoms with Crippen LogP contribution < -0.4 is 5.32 Å². The second-order valence-corrected chi connectivity index (χ2v) is 6.06. The van der Waals surface area contributed by atoms with Gasteiger partial charge in [0, 0.05) is 23.7 Å². The highest BCUT2D eigenvalue weighted by molar-refractivity contribution is 7.99. The topological polar surface area (TPSA) is 37.8 Å². The Kier molecular flexibility index (Phi) is 5.56. The lowest BCUT2D eigenvalue weighted by Crippen LogP contribution is -2.25. The minimum atomic E-state index is 0.287. The van der Waals surface area contributed by atoms with Gasteiger partial charge in [0.1, 0.15) is 0 Å². The summed E-state index contributed by atoms with van der Waals surface area (Å²) in [5, 5.41) is 4.58. The Hall–Kier alpha value is -1.39. The van der Waals surface area contributed by atoms with Gasteiger partial charge in [0.2, 0.25) is 0 Å². The standard InChI is InChI=1S/C16H21N3S/c1-4-13-6-8-14(9-7-13)15(17-3)12(2)20-16-18-10-5-11-19-16/h5-12,15,17H,4H2,1-3H3. The van der Waals surface area contributed by atoms with Gasteiger partial charge in [-0.2, -0.15) is 0 Å². The number of nitrogens with one attached hydrogen (secondary N) is 1. The lowest BCUT2D eigenvalue weighted by atomic mass is 10.0. The van der Waals surface area contributed by atoms with Crippen molar-refractivity contribution in [3.63, 3.8) is 0 Å². The summed E-state index contributed by atoms with van der Waals surface area (Å²) in [5.74, 6) is 0. The van der Waals surface area contributed by atoms with E-state index in [9.17, 15) is 0 Å².